The zero-order valence-corrected chi connectivity index (χ0v) is 11.4. The van der Waals surface area contributed by atoms with Gasteiger partial charge in [-0.15, -0.1) is 0 Å². The normalized spacial score (nSPS) is 9.30. The molecule has 0 fully saturated rings. The van der Waals surface area contributed by atoms with Gasteiger partial charge in [-0.2, -0.15) is 0 Å². The van der Waals surface area contributed by atoms with Gasteiger partial charge in [0.15, 0.2) is 0 Å². The molecule has 0 aliphatic heterocycles. The maximum Gasteiger partial charge on any atom is 0.252 e. The largest absolute Gasteiger partial charge is 0.384 e. The molecule has 0 atom stereocenters. The quantitative estimate of drug-likeness (QED) is 0.675. The second-order valence-electron chi connectivity index (χ2n) is 3.96. The fourth-order valence-corrected chi connectivity index (χ4v) is 1.60. The molecule has 20 heavy (non-hydrogen) atoms. The lowest BCUT2D eigenvalue weighted by Crippen LogP contribution is -2.30. The zero-order chi connectivity index (χ0) is 14.8. The lowest BCUT2D eigenvalue weighted by Gasteiger charge is -2.07. The van der Waals surface area contributed by atoms with E-state index in [4.69, 9.17) is 5.11 Å². The van der Waals surface area contributed by atoms with Crippen molar-refractivity contribution in [3.63, 3.8) is 0 Å². The summed E-state index contributed by atoms with van der Waals surface area (Å²) < 4.78 is 0. The third-order valence-corrected chi connectivity index (χ3v) is 2.49. The van der Waals surface area contributed by atoms with E-state index in [1.807, 2.05) is 6.92 Å². The summed E-state index contributed by atoms with van der Waals surface area (Å²) in [6.45, 7) is 2.43. The molecule has 5 nitrogen and oxygen atoms in total. The Balaban J connectivity index is 2.61. The summed E-state index contributed by atoms with van der Waals surface area (Å²) in [5.41, 5.74) is 0.987. The van der Waals surface area contributed by atoms with E-state index in [0.717, 1.165) is 0 Å². The minimum absolute atomic E-state index is 0.0962. The Morgan fingerprint density at radius 3 is 2.70 bits per heavy atom. The summed E-state index contributed by atoms with van der Waals surface area (Å²) in [4.78, 5) is 23.3. The average Bonchev–Trinajstić information content (AvgIpc) is 2.45. The lowest BCUT2D eigenvalue weighted by molar-refractivity contribution is -0.120. The zero-order valence-electron chi connectivity index (χ0n) is 11.4. The summed E-state index contributed by atoms with van der Waals surface area (Å²) in [6, 6.07) is 6.87. The molecule has 0 saturated heterocycles. The Bertz CT molecular complexity index is 529. The summed E-state index contributed by atoms with van der Waals surface area (Å²) in [7, 11) is 0. The number of carbonyl (C=O) groups excluding carboxylic acids is 2. The number of aliphatic hydroxyl groups is 1. The van der Waals surface area contributed by atoms with Gasteiger partial charge in [0.05, 0.1) is 5.56 Å². The third kappa shape index (κ3) is 5.12. The molecule has 1 aromatic rings. The highest BCUT2D eigenvalue weighted by Crippen LogP contribution is 2.07. The molecule has 3 N–H and O–H groups in total. The minimum atomic E-state index is -0.280. The Kier molecular flexibility index (Phi) is 6.87. The molecule has 0 spiro atoms. The molecule has 0 radical (unpaired) electrons. The molecule has 0 heterocycles. The molecule has 0 saturated carbocycles. The predicted molar refractivity (Wildman–Crippen MR) is 76.0 cm³/mol. The number of nitrogens with one attached hydrogen (secondary N) is 2. The second kappa shape index (κ2) is 8.73. The van der Waals surface area contributed by atoms with Gasteiger partial charge in [0.25, 0.3) is 5.91 Å². The van der Waals surface area contributed by atoms with Crippen LogP contribution in [-0.2, 0) is 4.79 Å². The number of hydrogen-bond donors (Lipinski definition) is 3. The van der Waals surface area contributed by atoms with E-state index in [1.54, 1.807) is 24.3 Å². The van der Waals surface area contributed by atoms with E-state index >= 15 is 0 Å². The van der Waals surface area contributed by atoms with Crippen LogP contribution in [0.1, 0.15) is 29.3 Å². The second-order valence-corrected chi connectivity index (χ2v) is 3.96. The predicted octanol–water partition coefficient (Wildman–Crippen LogP) is 0.286. The molecule has 0 aliphatic rings. The fraction of sp³-hybridized carbons (Fsp3) is 0.333. The van der Waals surface area contributed by atoms with Crippen LogP contribution in [0.4, 0.5) is 0 Å². The Morgan fingerprint density at radius 1 is 1.25 bits per heavy atom. The fourth-order valence-electron chi connectivity index (χ4n) is 1.60. The van der Waals surface area contributed by atoms with E-state index in [9.17, 15) is 9.59 Å². The first-order chi connectivity index (χ1) is 9.69. The summed E-state index contributed by atoms with van der Waals surface area (Å²) in [5.74, 6) is 4.86. The van der Waals surface area contributed by atoms with Gasteiger partial charge in [0, 0.05) is 25.1 Å². The molecule has 1 aromatic carbocycles. The summed E-state index contributed by atoms with van der Waals surface area (Å²) in [5, 5.41) is 14.0. The SMILES string of the molecule is CCNC(=O)CCNC(=O)c1ccccc1C#CCO. The van der Waals surface area contributed by atoms with Crippen LogP contribution in [0.15, 0.2) is 24.3 Å². The van der Waals surface area contributed by atoms with Crippen LogP contribution in [0.2, 0.25) is 0 Å². The van der Waals surface area contributed by atoms with Crippen molar-refractivity contribution >= 4 is 11.8 Å². The lowest BCUT2D eigenvalue weighted by atomic mass is 10.1. The van der Waals surface area contributed by atoms with Crippen LogP contribution in [0, 0.1) is 11.8 Å². The molecule has 2 amide bonds. The molecular formula is C15H18N2O3. The monoisotopic (exact) mass is 274 g/mol. The van der Waals surface area contributed by atoms with Crippen molar-refractivity contribution in [2.75, 3.05) is 19.7 Å². The first-order valence-corrected chi connectivity index (χ1v) is 6.42. The molecular weight excluding hydrogens is 256 g/mol. The van der Waals surface area contributed by atoms with Gasteiger partial charge >= 0.3 is 0 Å². The van der Waals surface area contributed by atoms with Gasteiger partial charge < -0.3 is 15.7 Å². The van der Waals surface area contributed by atoms with Crippen molar-refractivity contribution < 1.29 is 14.7 Å². The van der Waals surface area contributed by atoms with Crippen LogP contribution >= 0.6 is 0 Å². The number of rotatable bonds is 5. The standard InChI is InChI=1S/C15H18N2O3/c1-2-16-14(19)9-10-17-15(20)13-8-4-3-6-12(13)7-5-11-18/h3-4,6,8,18H,2,9-11H2,1H3,(H,16,19)(H,17,20). The summed E-state index contributed by atoms with van der Waals surface area (Å²) in [6.07, 6.45) is 0.240. The summed E-state index contributed by atoms with van der Waals surface area (Å²) >= 11 is 0. The average molecular weight is 274 g/mol. The number of hydrogen-bond acceptors (Lipinski definition) is 3. The molecule has 0 unspecified atom stereocenters. The van der Waals surface area contributed by atoms with E-state index in [2.05, 4.69) is 22.5 Å². The van der Waals surface area contributed by atoms with E-state index in [0.29, 0.717) is 17.7 Å². The number of benzene rings is 1. The molecule has 5 heteroatoms. The van der Waals surface area contributed by atoms with E-state index in [1.165, 1.54) is 0 Å². The maximum atomic E-state index is 12.0. The van der Waals surface area contributed by atoms with Gasteiger partial charge in [-0.05, 0) is 19.1 Å². The minimum Gasteiger partial charge on any atom is -0.384 e. The van der Waals surface area contributed by atoms with Gasteiger partial charge in [0.1, 0.15) is 6.61 Å². The highest BCUT2D eigenvalue weighted by molar-refractivity contribution is 5.96. The molecule has 0 bridgehead atoms. The van der Waals surface area contributed by atoms with Gasteiger partial charge in [-0.1, -0.05) is 24.0 Å². The number of amides is 2. The first kappa shape index (κ1) is 15.7. The van der Waals surface area contributed by atoms with E-state index < -0.39 is 0 Å². The van der Waals surface area contributed by atoms with Gasteiger partial charge in [-0.25, -0.2) is 0 Å². The Morgan fingerprint density at radius 2 is 2.00 bits per heavy atom. The number of carbonyl (C=O) groups is 2. The van der Waals surface area contributed by atoms with Crippen molar-refractivity contribution in [3.05, 3.63) is 35.4 Å². The van der Waals surface area contributed by atoms with Crippen LogP contribution in [0.5, 0.6) is 0 Å². The van der Waals surface area contributed by atoms with Gasteiger partial charge in [0.2, 0.25) is 5.91 Å². The van der Waals surface area contributed by atoms with Crippen molar-refractivity contribution in [2.24, 2.45) is 0 Å². The highest BCUT2D eigenvalue weighted by Gasteiger charge is 2.09. The van der Waals surface area contributed by atoms with Crippen LogP contribution < -0.4 is 10.6 Å². The van der Waals surface area contributed by atoms with Crippen LogP contribution in [-0.4, -0.2) is 36.6 Å². The maximum absolute atomic E-state index is 12.0. The number of aliphatic hydroxyl groups excluding tert-OH is 1. The third-order valence-electron chi connectivity index (χ3n) is 2.49. The topological polar surface area (TPSA) is 78.4 Å². The molecule has 0 aromatic heterocycles. The van der Waals surface area contributed by atoms with Crippen LogP contribution in [0.3, 0.4) is 0 Å². The molecule has 106 valence electrons. The van der Waals surface area contributed by atoms with E-state index in [-0.39, 0.29) is 31.4 Å². The van der Waals surface area contributed by atoms with Crippen molar-refractivity contribution in [2.45, 2.75) is 13.3 Å². The Labute approximate surface area is 118 Å². The van der Waals surface area contributed by atoms with Gasteiger partial charge in [-0.3, -0.25) is 9.59 Å². The Hall–Kier alpha value is -2.32. The first-order valence-electron chi connectivity index (χ1n) is 6.42. The van der Waals surface area contributed by atoms with Crippen molar-refractivity contribution in [1.29, 1.82) is 0 Å². The highest BCUT2D eigenvalue weighted by atomic mass is 16.2. The van der Waals surface area contributed by atoms with Crippen LogP contribution in [0.25, 0.3) is 0 Å². The molecule has 0 aliphatic carbocycles. The molecule has 1 rings (SSSR count). The van der Waals surface area contributed by atoms with Crippen molar-refractivity contribution in [3.8, 4) is 11.8 Å². The van der Waals surface area contributed by atoms with Crippen molar-refractivity contribution in [1.82, 2.24) is 10.6 Å². The smallest absolute Gasteiger partial charge is 0.252 e.